The molecule has 1 N–H and O–H groups in total. The molecule has 0 bridgehead atoms. The van der Waals surface area contributed by atoms with Crippen LogP contribution in [-0.2, 0) is 19.0 Å². The molecule has 6 nitrogen and oxygen atoms in total. The van der Waals surface area contributed by atoms with Gasteiger partial charge in [0.25, 0.3) is 0 Å². The molecule has 6 heteroatoms. The number of hydrogen-bond acceptors (Lipinski definition) is 6. The summed E-state index contributed by atoms with van der Waals surface area (Å²) in [5, 5.41) is 8.82. The minimum atomic E-state index is -0.853. The van der Waals surface area contributed by atoms with E-state index in [0.717, 1.165) is 0 Å². The fourth-order valence-electron chi connectivity index (χ4n) is 1.70. The quantitative estimate of drug-likeness (QED) is 0.359. The van der Waals surface area contributed by atoms with Crippen LogP contribution in [-0.4, -0.2) is 38.8 Å². The number of hydrogen-bond donors (Lipinski definition) is 1. The molecule has 0 aliphatic rings. The van der Waals surface area contributed by atoms with Crippen molar-refractivity contribution in [2.75, 3.05) is 21.3 Å². The van der Waals surface area contributed by atoms with Gasteiger partial charge in [0.15, 0.2) is 12.0 Å². The molecule has 0 fully saturated rings. The molecule has 1 rings (SSSR count). The molecule has 0 aromatic heterocycles. The topological polar surface area (TPSA) is 74.2 Å². The summed E-state index contributed by atoms with van der Waals surface area (Å²) in [5.41, 5.74) is 0.417. The third-order valence-electron chi connectivity index (χ3n) is 2.54. The highest BCUT2D eigenvalue weighted by molar-refractivity contribution is 5.79. The molecule has 1 unspecified atom stereocenters. The molecule has 0 radical (unpaired) electrons. The van der Waals surface area contributed by atoms with Crippen LogP contribution >= 0.6 is 0 Å². The van der Waals surface area contributed by atoms with E-state index in [0.29, 0.717) is 5.56 Å². The lowest BCUT2D eigenvalue weighted by Crippen LogP contribution is -2.30. The molecule has 0 saturated heterocycles. The molecular weight excluding hydrogens is 240 g/mol. The summed E-state index contributed by atoms with van der Waals surface area (Å²) in [7, 11) is 4.08. The van der Waals surface area contributed by atoms with E-state index in [-0.39, 0.29) is 5.75 Å². The van der Waals surface area contributed by atoms with Gasteiger partial charge < -0.3 is 19.1 Å². The van der Waals surface area contributed by atoms with Crippen LogP contribution in [0.15, 0.2) is 24.3 Å². The Morgan fingerprint density at radius 1 is 1.17 bits per heavy atom. The minimum absolute atomic E-state index is 0.145. The Morgan fingerprint density at radius 3 is 2.28 bits per heavy atom. The third-order valence-corrected chi connectivity index (χ3v) is 2.54. The van der Waals surface area contributed by atoms with Crippen molar-refractivity contribution in [2.45, 2.75) is 12.2 Å². The fraction of sp³-hybridized carbons (Fsp3) is 0.417. The second-order valence-electron chi connectivity index (χ2n) is 3.47. The van der Waals surface area contributed by atoms with E-state index >= 15 is 0 Å². The SMILES string of the molecule is COC(=O)C(c1ccccc1OO)C(OC)OC. The normalized spacial score (nSPS) is 12.3. The molecule has 0 spiro atoms. The molecule has 0 saturated carbocycles. The fourth-order valence-corrected chi connectivity index (χ4v) is 1.70. The van der Waals surface area contributed by atoms with Gasteiger partial charge in [-0.2, -0.15) is 0 Å². The largest absolute Gasteiger partial charge is 0.468 e. The zero-order valence-electron chi connectivity index (χ0n) is 10.5. The summed E-state index contributed by atoms with van der Waals surface area (Å²) in [6.07, 6.45) is -0.839. The Balaban J connectivity index is 3.20. The van der Waals surface area contributed by atoms with Gasteiger partial charge in [0, 0.05) is 19.8 Å². The van der Waals surface area contributed by atoms with E-state index < -0.39 is 18.2 Å². The van der Waals surface area contributed by atoms with E-state index in [2.05, 4.69) is 4.89 Å². The second kappa shape index (κ2) is 6.95. The molecular formula is C12H16O6. The van der Waals surface area contributed by atoms with Crippen molar-refractivity contribution in [1.82, 2.24) is 0 Å². The highest BCUT2D eigenvalue weighted by Gasteiger charge is 2.33. The van der Waals surface area contributed by atoms with Gasteiger partial charge in [0.2, 0.25) is 0 Å². The molecule has 0 heterocycles. The van der Waals surface area contributed by atoms with Crippen LogP contribution in [0.5, 0.6) is 5.75 Å². The maximum absolute atomic E-state index is 11.8. The Morgan fingerprint density at radius 2 is 1.78 bits per heavy atom. The lowest BCUT2D eigenvalue weighted by atomic mass is 9.97. The zero-order chi connectivity index (χ0) is 13.5. The van der Waals surface area contributed by atoms with Gasteiger partial charge in [-0.3, -0.25) is 4.79 Å². The highest BCUT2D eigenvalue weighted by Crippen LogP contribution is 2.31. The number of carbonyl (C=O) groups excluding carboxylic acids is 1. The maximum atomic E-state index is 11.8. The van der Waals surface area contributed by atoms with Crippen LogP contribution in [0.1, 0.15) is 11.5 Å². The minimum Gasteiger partial charge on any atom is -0.468 e. The first-order valence-corrected chi connectivity index (χ1v) is 5.23. The Bertz CT molecular complexity index is 388. The van der Waals surface area contributed by atoms with E-state index in [1.165, 1.54) is 27.4 Å². The van der Waals surface area contributed by atoms with Gasteiger partial charge in [0.05, 0.1) is 7.11 Å². The van der Waals surface area contributed by atoms with Crippen LogP contribution in [0, 0.1) is 0 Å². The summed E-state index contributed by atoms with van der Waals surface area (Å²) in [6.45, 7) is 0. The molecule has 1 atom stereocenters. The summed E-state index contributed by atoms with van der Waals surface area (Å²) >= 11 is 0. The smallest absolute Gasteiger partial charge is 0.318 e. The molecule has 0 amide bonds. The summed E-state index contributed by atoms with van der Waals surface area (Å²) < 4.78 is 14.9. The van der Waals surface area contributed by atoms with Crippen molar-refractivity contribution >= 4 is 5.97 Å². The molecule has 1 aromatic carbocycles. The lowest BCUT2D eigenvalue weighted by Gasteiger charge is -2.23. The number of methoxy groups -OCH3 is 3. The van der Waals surface area contributed by atoms with Crippen molar-refractivity contribution < 1.29 is 29.1 Å². The van der Waals surface area contributed by atoms with Crippen LogP contribution in [0.25, 0.3) is 0 Å². The molecule has 18 heavy (non-hydrogen) atoms. The van der Waals surface area contributed by atoms with Crippen LogP contribution in [0.2, 0.25) is 0 Å². The van der Waals surface area contributed by atoms with Crippen molar-refractivity contribution in [3.05, 3.63) is 29.8 Å². The van der Waals surface area contributed by atoms with Crippen LogP contribution in [0.3, 0.4) is 0 Å². The van der Waals surface area contributed by atoms with Gasteiger partial charge >= 0.3 is 5.97 Å². The maximum Gasteiger partial charge on any atom is 0.318 e. The summed E-state index contributed by atoms with van der Waals surface area (Å²) in [4.78, 5) is 16.1. The standard InChI is InChI=1S/C12H16O6/c1-15-11(13)10(12(16-2)17-3)8-6-4-5-7-9(8)18-14/h4-7,10,12,14H,1-3H3. The average Bonchev–Trinajstić information content (AvgIpc) is 2.43. The number of carbonyl (C=O) groups is 1. The van der Waals surface area contributed by atoms with Crippen molar-refractivity contribution in [3.8, 4) is 5.75 Å². The first kappa shape index (κ1) is 14.4. The number of para-hydroxylation sites is 1. The Kier molecular flexibility index (Phi) is 5.57. The third kappa shape index (κ3) is 2.98. The predicted octanol–water partition coefficient (Wildman–Crippen LogP) is 1.41. The second-order valence-corrected chi connectivity index (χ2v) is 3.47. The number of esters is 1. The number of ether oxygens (including phenoxy) is 3. The number of rotatable bonds is 6. The van der Waals surface area contributed by atoms with Crippen molar-refractivity contribution in [3.63, 3.8) is 0 Å². The molecule has 0 aliphatic carbocycles. The van der Waals surface area contributed by atoms with E-state index in [9.17, 15) is 4.79 Å². The van der Waals surface area contributed by atoms with Gasteiger partial charge in [0.1, 0.15) is 5.92 Å². The van der Waals surface area contributed by atoms with Gasteiger partial charge in [-0.15, -0.1) is 0 Å². The first-order valence-electron chi connectivity index (χ1n) is 5.23. The molecule has 0 aliphatic heterocycles. The average molecular weight is 256 g/mol. The van der Waals surface area contributed by atoms with Gasteiger partial charge in [-0.05, 0) is 6.07 Å². The molecule has 1 aromatic rings. The van der Waals surface area contributed by atoms with Crippen molar-refractivity contribution in [2.24, 2.45) is 0 Å². The van der Waals surface area contributed by atoms with Gasteiger partial charge in [-0.25, -0.2) is 5.26 Å². The van der Waals surface area contributed by atoms with Crippen molar-refractivity contribution in [1.29, 1.82) is 0 Å². The summed E-state index contributed by atoms with van der Waals surface area (Å²) in [5.74, 6) is -1.26. The van der Waals surface area contributed by atoms with E-state index in [1.54, 1.807) is 18.2 Å². The summed E-state index contributed by atoms with van der Waals surface area (Å²) in [6, 6.07) is 6.51. The molecule has 100 valence electrons. The first-order chi connectivity index (χ1) is 8.69. The van der Waals surface area contributed by atoms with Gasteiger partial charge in [-0.1, -0.05) is 18.2 Å². The lowest BCUT2D eigenvalue weighted by molar-refractivity contribution is -0.165. The highest BCUT2D eigenvalue weighted by atomic mass is 17.1. The van der Waals surface area contributed by atoms with E-state index in [1.807, 2.05) is 0 Å². The monoisotopic (exact) mass is 256 g/mol. The number of benzene rings is 1. The van der Waals surface area contributed by atoms with Crippen LogP contribution in [0.4, 0.5) is 0 Å². The Labute approximate surface area is 105 Å². The van der Waals surface area contributed by atoms with Crippen LogP contribution < -0.4 is 4.89 Å². The Hall–Kier alpha value is -1.63. The predicted molar refractivity (Wildman–Crippen MR) is 62.3 cm³/mol. The van der Waals surface area contributed by atoms with E-state index in [4.69, 9.17) is 19.5 Å². The zero-order valence-corrected chi connectivity index (χ0v) is 10.5.